The number of ether oxygens (including phenoxy) is 1. The van der Waals surface area contributed by atoms with Gasteiger partial charge in [-0.3, -0.25) is 10.0 Å². The fraction of sp³-hybridized carbons (Fsp3) is 0.250. The number of fused-ring (bicyclic) bond motifs is 1. The predicted molar refractivity (Wildman–Crippen MR) is 95.4 cm³/mol. The Kier molecular flexibility index (Phi) is 4.63. The number of hydroxylamine groups is 1. The van der Waals surface area contributed by atoms with Crippen molar-refractivity contribution in [3.8, 4) is 11.1 Å². The van der Waals surface area contributed by atoms with E-state index in [1.807, 2.05) is 12.1 Å². The number of aromatic amines is 1. The van der Waals surface area contributed by atoms with Crippen LogP contribution in [0, 0.1) is 11.6 Å². The highest BCUT2D eigenvalue weighted by atomic mass is 19.1. The number of H-pyrrole nitrogens is 1. The summed E-state index contributed by atoms with van der Waals surface area (Å²) in [5, 5.41) is 8.76. The number of hydrogen-bond acceptors (Lipinski definition) is 3. The lowest BCUT2D eigenvalue weighted by atomic mass is 9.96. The van der Waals surface area contributed by atoms with E-state index < -0.39 is 17.5 Å². The van der Waals surface area contributed by atoms with Gasteiger partial charge in [-0.2, -0.15) is 0 Å². The van der Waals surface area contributed by atoms with Crippen LogP contribution in [0.1, 0.15) is 41.3 Å². The molecule has 5 nitrogen and oxygen atoms in total. The van der Waals surface area contributed by atoms with E-state index in [2.05, 4.69) is 4.98 Å². The van der Waals surface area contributed by atoms with E-state index in [4.69, 9.17) is 9.94 Å². The van der Waals surface area contributed by atoms with Crippen molar-refractivity contribution in [1.29, 1.82) is 0 Å². The number of amides is 1. The van der Waals surface area contributed by atoms with Crippen LogP contribution in [0.5, 0.6) is 0 Å². The highest BCUT2D eigenvalue weighted by Gasteiger charge is 2.22. The van der Waals surface area contributed by atoms with Gasteiger partial charge in [-0.05, 0) is 36.5 Å². The van der Waals surface area contributed by atoms with Crippen LogP contribution < -0.4 is 5.48 Å². The van der Waals surface area contributed by atoms with Crippen molar-refractivity contribution in [2.75, 3.05) is 6.61 Å². The second-order valence-electron chi connectivity index (χ2n) is 6.59. The molecule has 2 aromatic carbocycles. The van der Waals surface area contributed by atoms with Gasteiger partial charge in [0.15, 0.2) is 0 Å². The third kappa shape index (κ3) is 3.09. The summed E-state index contributed by atoms with van der Waals surface area (Å²) in [5.41, 5.74) is 2.63. The summed E-state index contributed by atoms with van der Waals surface area (Å²) in [7, 11) is 0. The Balaban J connectivity index is 1.77. The van der Waals surface area contributed by atoms with Crippen LogP contribution in [0.15, 0.2) is 36.5 Å². The zero-order valence-electron chi connectivity index (χ0n) is 14.4. The van der Waals surface area contributed by atoms with Gasteiger partial charge in [0.1, 0.15) is 11.6 Å². The first-order valence-corrected chi connectivity index (χ1v) is 8.75. The normalized spacial score (nSPS) is 17.2. The number of halogens is 2. The first-order chi connectivity index (χ1) is 13.1. The third-order valence-electron chi connectivity index (χ3n) is 4.96. The molecule has 1 aliphatic heterocycles. The molecule has 0 spiro atoms. The smallest absolute Gasteiger partial charge is 0.276 e. The Bertz CT molecular complexity index is 993. The standard InChI is InChI=1S/C20H18F2N2O3/c21-14-9-15-18(13(10-23-15)20(25)24-26)19(22)17(14)12-6-4-11(5-7-12)16-3-1-2-8-27-16/h4-7,9-10,16,23,26H,1-3,8H2,(H,24,25)/t16-/m0/s1. The second-order valence-corrected chi connectivity index (χ2v) is 6.59. The SMILES string of the molecule is O=C(NO)c1c[nH]c2cc(F)c(-c3ccc([C@@H]4CCCCO4)cc3)c(F)c12. The van der Waals surface area contributed by atoms with Gasteiger partial charge in [0.25, 0.3) is 5.91 Å². The molecule has 1 aromatic heterocycles. The predicted octanol–water partition coefficient (Wildman–Crippen LogP) is 4.47. The van der Waals surface area contributed by atoms with Gasteiger partial charge in [-0.25, -0.2) is 14.3 Å². The number of rotatable bonds is 3. The summed E-state index contributed by atoms with van der Waals surface area (Å²) in [5.74, 6) is -2.46. The molecule has 3 aromatic rings. The minimum Gasteiger partial charge on any atom is -0.374 e. The van der Waals surface area contributed by atoms with E-state index in [1.54, 1.807) is 12.1 Å². The summed E-state index contributed by atoms with van der Waals surface area (Å²) >= 11 is 0. The molecule has 27 heavy (non-hydrogen) atoms. The number of aromatic nitrogens is 1. The lowest BCUT2D eigenvalue weighted by molar-refractivity contribution is 0.0149. The summed E-state index contributed by atoms with van der Waals surface area (Å²) < 4.78 is 35.4. The van der Waals surface area contributed by atoms with Crippen LogP contribution in [0.2, 0.25) is 0 Å². The molecular weight excluding hydrogens is 354 g/mol. The zero-order chi connectivity index (χ0) is 19.0. The van der Waals surface area contributed by atoms with E-state index in [0.29, 0.717) is 5.56 Å². The summed E-state index contributed by atoms with van der Waals surface area (Å²) in [6.45, 7) is 0.718. The lowest BCUT2D eigenvalue weighted by Crippen LogP contribution is -2.18. The number of nitrogens with one attached hydrogen (secondary N) is 2. The molecule has 0 unspecified atom stereocenters. The Labute approximate surface area is 153 Å². The Hall–Kier alpha value is -2.77. The molecule has 7 heteroatoms. The number of benzene rings is 2. The minimum atomic E-state index is -0.873. The van der Waals surface area contributed by atoms with Crippen LogP contribution in [0.3, 0.4) is 0 Å². The quantitative estimate of drug-likeness (QED) is 0.469. The van der Waals surface area contributed by atoms with Crippen LogP contribution in [-0.4, -0.2) is 22.7 Å². The van der Waals surface area contributed by atoms with Gasteiger partial charge in [-0.15, -0.1) is 0 Å². The van der Waals surface area contributed by atoms with Gasteiger partial charge in [0, 0.05) is 18.2 Å². The summed E-state index contributed by atoms with van der Waals surface area (Å²) in [6, 6.07) is 8.07. The van der Waals surface area contributed by atoms with Crippen molar-refractivity contribution in [3.05, 3.63) is 59.3 Å². The minimum absolute atomic E-state index is 0.00880. The maximum atomic E-state index is 15.1. The monoisotopic (exact) mass is 372 g/mol. The maximum absolute atomic E-state index is 15.1. The molecular formula is C20H18F2N2O3. The molecule has 1 atom stereocenters. The lowest BCUT2D eigenvalue weighted by Gasteiger charge is -2.23. The summed E-state index contributed by atoms with van der Waals surface area (Å²) in [4.78, 5) is 14.4. The average molecular weight is 372 g/mol. The highest BCUT2D eigenvalue weighted by Crippen LogP contribution is 2.35. The molecule has 0 saturated carbocycles. The molecule has 1 saturated heterocycles. The van der Waals surface area contributed by atoms with E-state index >= 15 is 4.39 Å². The van der Waals surface area contributed by atoms with Crippen LogP contribution in [0.25, 0.3) is 22.0 Å². The van der Waals surface area contributed by atoms with Gasteiger partial charge >= 0.3 is 0 Å². The zero-order valence-corrected chi connectivity index (χ0v) is 14.4. The van der Waals surface area contributed by atoms with Crippen molar-refractivity contribution in [2.24, 2.45) is 0 Å². The largest absolute Gasteiger partial charge is 0.374 e. The van der Waals surface area contributed by atoms with Crippen LogP contribution in [0.4, 0.5) is 8.78 Å². The maximum Gasteiger partial charge on any atom is 0.276 e. The fourth-order valence-corrected chi connectivity index (χ4v) is 3.59. The van der Waals surface area contributed by atoms with Crippen LogP contribution in [-0.2, 0) is 4.74 Å². The molecule has 140 valence electrons. The van der Waals surface area contributed by atoms with Gasteiger partial charge < -0.3 is 9.72 Å². The number of carbonyl (C=O) groups is 1. The number of carbonyl (C=O) groups excluding carboxylic acids is 1. The van der Waals surface area contributed by atoms with Gasteiger partial charge in [0.2, 0.25) is 0 Å². The van der Waals surface area contributed by atoms with Gasteiger partial charge in [0.05, 0.1) is 22.7 Å². The molecule has 0 radical (unpaired) electrons. The molecule has 1 aliphatic rings. The number of hydrogen-bond donors (Lipinski definition) is 3. The Morgan fingerprint density at radius 3 is 2.67 bits per heavy atom. The van der Waals surface area contributed by atoms with Crippen molar-refractivity contribution in [2.45, 2.75) is 25.4 Å². The van der Waals surface area contributed by atoms with Crippen molar-refractivity contribution in [3.63, 3.8) is 0 Å². The van der Waals surface area contributed by atoms with Crippen molar-refractivity contribution in [1.82, 2.24) is 10.5 Å². The molecule has 4 rings (SSSR count). The molecule has 1 amide bonds. The van der Waals surface area contributed by atoms with Crippen molar-refractivity contribution >= 4 is 16.8 Å². The average Bonchev–Trinajstić information content (AvgIpc) is 3.12. The third-order valence-corrected chi connectivity index (χ3v) is 4.96. The molecule has 1 fully saturated rings. The Morgan fingerprint density at radius 1 is 1.22 bits per heavy atom. The van der Waals surface area contributed by atoms with Crippen LogP contribution >= 0.6 is 0 Å². The molecule has 3 N–H and O–H groups in total. The first-order valence-electron chi connectivity index (χ1n) is 8.75. The fourth-order valence-electron chi connectivity index (χ4n) is 3.59. The van der Waals surface area contributed by atoms with Gasteiger partial charge in [-0.1, -0.05) is 24.3 Å². The summed E-state index contributed by atoms with van der Waals surface area (Å²) in [6.07, 6.45) is 4.30. The molecule has 0 aliphatic carbocycles. The first kappa shape index (κ1) is 17.6. The Morgan fingerprint density at radius 2 is 2.00 bits per heavy atom. The van der Waals surface area contributed by atoms with E-state index in [-0.39, 0.29) is 28.1 Å². The van der Waals surface area contributed by atoms with E-state index in [1.165, 1.54) is 11.7 Å². The topological polar surface area (TPSA) is 74.4 Å². The molecule has 0 bridgehead atoms. The second kappa shape index (κ2) is 7.09. The molecule has 2 heterocycles. The van der Waals surface area contributed by atoms with Crippen molar-refractivity contribution < 1.29 is 23.5 Å². The van der Waals surface area contributed by atoms with E-state index in [9.17, 15) is 9.18 Å². The highest BCUT2D eigenvalue weighted by molar-refractivity contribution is 6.07. The van der Waals surface area contributed by atoms with E-state index in [0.717, 1.165) is 37.5 Å².